The molecule has 150 valence electrons. The van der Waals surface area contributed by atoms with Crippen LogP contribution in [0.2, 0.25) is 0 Å². The molecule has 28 heavy (non-hydrogen) atoms. The fraction of sp³-hybridized carbons (Fsp3) is 0.550. The first-order valence-electron chi connectivity index (χ1n) is 9.96. The minimum atomic E-state index is -0.144. The predicted molar refractivity (Wildman–Crippen MR) is 101 cm³/mol. The number of hydrogen-bond acceptors (Lipinski definition) is 6. The highest BCUT2D eigenvalue weighted by atomic mass is 16.6. The van der Waals surface area contributed by atoms with E-state index in [1.54, 1.807) is 4.90 Å². The van der Waals surface area contributed by atoms with Gasteiger partial charge in [-0.3, -0.25) is 0 Å². The summed E-state index contributed by atoms with van der Waals surface area (Å²) in [5.41, 5.74) is 0. The SMILES string of the molecule is CCN(Cc1noc(C2CCC2)n1)C(=O)NCC[C@H]1COc2ccccc2O1. The van der Waals surface area contributed by atoms with Gasteiger partial charge in [0.15, 0.2) is 17.3 Å². The fourth-order valence-electron chi connectivity index (χ4n) is 3.31. The molecule has 1 aliphatic carbocycles. The number of carbonyl (C=O) groups is 1. The van der Waals surface area contributed by atoms with Crippen LogP contribution in [0.5, 0.6) is 11.5 Å². The molecule has 0 bridgehead atoms. The molecular weight excluding hydrogens is 360 g/mol. The van der Waals surface area contributed by atoms with E-state index in [2.05, 4.69) is 15.5 Å². The zero-order valence-electron chi connectivity index (χ0n) is 16.1. The third-order valence-electron chi connectivity index (χ3n) is 5.25. The van der Waals surface area contributed by atoms with Crippen molar-refractivity contribution < 1.29 is 18.8 Å². The lowest BCUT2D eigenvalue weighted by Gasteiger charge is -2.27. The van der Waals surface area contributed by atoms with Crippen molar-refractivity contribution in [1.82, 2.24) is 20.4 Å². The van der Waals surface area contributed by atoms with E-state index in [4.69, 9.17) is 14.0 Å². The number of rotatable bonds is 7. The zero-order valence-corrected chi connectivity index (χ0v) is 16.1. The molecule has 4 rings (SSSR count). The Kier molecular flexibility index (Phi) is 5.64. The first-order valence-corrected chi connectivity index (χ1v) is 9.96. The van der Waals surface area contributed by atoms with E-state index in [1.165, 1.54) is 6.42 Å². The van der Waals surface area contributed by atoms with Crippen LogP contribution in [-0.4, -0.2) is 46.9 Å². The van der Waals surface area contributed by atoms with Crippen LogP contribution in [0, 0.1) is 0 Å². The van der Waals surface area contributed by atoms with Gasteiger partial charge in [0.05, 0.1) is 6.54 Å². The molecule has 0 spiro atoms. The number of nitrogens with one attached hydrogen (secondary N) is 1. The summed E-state index contributed by atoms with van der Waals surface area (Å²) in [6, 6.07) is 7.47. The molecule has 0 saturated heterocycles. The minimum Gasteiger partial charge on any atom is -0.486 e. The van der Waals surface area contributed by atoms with Crippen molar-refractivity contribution in [2.75, 3.05) is 19.7 Å². The Morgan fingerprint density at radius 1 is 1.29 bits per heavy atom. The summed E-state index contributed by atoms with van der Waals surface area (Å²) >= 11 is 0. The van der Waals surface area contributed by atoms with Gasteiger partial charge in [0.2, 0.25) is 5.89 Å². The summed E-state index contributed by atoms with van der Waals surface area (Å²) in [5.74, 6) is 3.17. The molecular formula is C20H26N4O4. The largest absolute Gasteiger partial charge is 0.486 e. The molecule has 1 atom stereocenters. The van der Waals surface area contributed by atoms with Crippen molar-refractivity contribution in [2.45, 2.75) is 51.2 Å². The van der Waals surface area contributed by atoms with Crippen molar-refractivity contribution in [3.8, 4) is 11.5 Å². The number of nitrogens with zero attached hydrogens (tertiary/aromatic N) is 3. The number of urea groups is 1. The van der Waals surface area contributed by atoms with Gasteiger partial charge < -0.3 is 24.2 Å². The number of fused-ring (bicyclic) bond motifs is 1. The van der Waals surface area contributed by atoms with E-state index in [1.807, 2.05) is 31.2 Å². The minimum absolute atomic E-state index is 0.0764. The molecule has 1 aliphatic heterocycles. The maximum Gasteiger partial charge on any atom is 0.317 e. The van der Waals surface area contributed by atoms with Gasteiger partial charge in [-0.15, -0.1) is 0 Å². The molecule has 2 aliphatic rings. The van der Waals surface area contributed by atoms with Gasteiger partial charge in [-0.2, -0.15) is 4.98 Å². The van der Waals surface area contributed by atoms with Gasteiger partial charge in [-0.05, 0) is 31.9 Å². The summed E-state index contributed by atoms with van der Waals surface area (Å²) in [6.07, 6.45) is 4.03. The Labute approximate surface area is 164 Å². The first kappa shape index (κ1) is 18.6. The summed E-state index contributed by atoms with van der Waals surface area (Å²) in [4.78, 5) is 18.6. The number of aromatic nitrogens is 2. The number of amides is 2. The van der Waals surface area contributed by atoms with Crippen LogP contribution in [0.25, 0.3) is 0 Å². The lowest BCUT2D eigenvalue weighted by Crippen LogP contribution is -2.41. The Bertz CT molecular complexity index is 805. The van der Waals surface area contributed by atoms with Gasteiger partial charge in [-0.1, -0.05) is 23.7 Å². The molecule has 1 fully saturated rings. The van der Waals surface area contributed by atoms with Gasteiger partial charge in [-0.25, -0.2) is 4.79 Å². The topological polar surface area (TPSA) is 89.7 Å². The van der Waals surface area contributed by atoms with Gasteiger partial charge in [0.1, 0.15) is 12.7 Å². The number of carbonyl (C=O) groups excluding carboxylic acids is 1. The van der Waals surface area contributed by atoms with Crippen molar-refractivity contribution in [2.24, 2.45) is 0 Å². The van der Waals surface area contributed by atoms with Crippen LogP contribution < -0.4 is 14.8 Å². The summed E-state index contributed by atoms with van der Waals surface area (Å²) < 4.78 is 16.9. The Morgan fingerprint density at radius 3 is 2.86 bits per heavy atom. The molecule has 1 aromatic carbocycles. The summed E-state index contributed by atoms with van der Waals surface area (Å²) in [6.45, 7) is 3.83. The monoisotopic (exact) mass is 386 g/mol. The molecule has 1 N–H and O–H groups in total. The Morgan fingerprint density at radius 2 is 2.11 bits per heavy atom. The number of hydrogen-bond donors (Lipinski definition) is 1. The van der Waals surface area contributed by atoms with E-state index in [-0.39, 0.29) is 12.1 Å². The van der Waals surface area contributed by atoms with Gasteiger partial charge in [0, 0.05) is 25.4 Å². The second kappa shape index (κ2) is 8.50. The van der Waals surface area contributed by atoms with Crippen LogP contribution in [0.15, 0.2) is 28.8 Å². The normalized spacial score (nSPS) is 18.4. The Balaban J connectivity index is 1.23. The third kappa shape index (κ3) is 4.21. The quantitative estimate of drug-likeness (QED) is 0.786. The lowest BCUT2D eigenvalue weighted by molar-refractivity contribution is 0.0849. The van der Waals surface area contributed by atoms with Crippen molar-refractivity contribution in [3.05, 3.63) is 36.0 Å². The van der Waals surface area contributed by atoms with Crippen LogP contribution >= 0.6 is 0 Å². The third-order valence-corrected chi connectivity index (χ3v) is 5.25. The van der Waals surface area contributed by atoms with E-state index < -0.39 is 0 Å². The first-order chi connectivity index (χ1) is 13.7. The number of ether oxygens (including phenoxy) is 2. The summed E-state index contributed by atoms with van der Waals surface area (Å²) in [7, 11) is 0. The van der Waals surface area contributed by atoms with E-state index in [0.29, 0.717) is 50.3 Å². The maximum atomic E-state index is 12.5. The molecule has 2 amide bonds. The average Bonchev–Trinajstić information content (AvgIpc) is 3.12. The Hall–Kier alpha value is -2.77. The molecule has 0 radical (unpaired) electrons. The predicted octanol–water partition coefficient (Wildman–Crippen LogP) is 3.10. The summed E-state index contributed by atoms with van der Waals surface area (Å²) in [5, 5.41) is 6.96. The van der Waals surface area contributed by atoms with Crippen molar-refractivity contribution >= 4 is 6.03 Å². The number of benzene rings is 1. The molecule has 1 aromatic heterocycles. The zero-order chi connectivity index (χ0) is 19.3. The van der Waals surface area contributed by atoms with Crippen molar-refractivity contribution in [1.29, 1.82) is 0 Å². The standard InChI is InChI=1S/C20H26N4O4/c1-2-24(12-18-22-19(28-23-18)14-6-5-7-14)20(25)21-11-10-15-13-26-16-8-3-4-9-17(16)27-15/h3-4,8-9,14-15H,2,5-7,10-13H2,1H3,(H,21,25)/t15-/m0/s1. The highest BCUT2D eigenvalue weighted by Crippen LogP contribution is 2.35. The second-order valence-electron chi connectivity index (χ2n) is 7.21. The van der Waals surface area contributed by atoms with Gasteiger partial charge in [0.25, 0.3) is 0 Å². The fourth-order valence-corrected chi connectivity index (χ4v) is 3.31. The van der Waals surface area contributed by atoms with Crippen LogP contribution in [-0.2, 0) is 6.54 Å². The highest BCUT2D eigenvalue weighted by Gasteiger charge is 2.26. The lowest BCUT2D eigenvalue weighted by atomic mass is 9.85. The second-order valence-corrected chi connectivity index (χ2v) is 7.21. The molecule has 2 aromatic rings. The van der Waals surface area contributed by atoms with Crippen LogP contribution in [0.3, 0.4) is 0 Å². The van der Waals surface area contributed by atoms with Crippen molar-refractivity contribution in [3.63, 3.8) is 0 Å². The highest BCUT2D eigenvalue weighted by molar-refractivity contribution is 5.74. The van der Waals surface area contributed by atoms with Gasteiger partial charge >= 0.3 is 6.03 Å². The molecule has 2 heterocycles. The average molecular weight is 386 g/mol. The smallest absolute Gasteiger partial charge is 0.317 e. The van der Waals surface area contributed by atoms with E-state index in [9.17, 15) is 4.79 Å². The van der Waals surface area contributed by atoms with Crippen LogP contribution in [0.4, 0.5) is 4.79 Å². The molecule has 8 heteroatoms. The molecule has 0 unspecified atom stereocenters. The van der Waals surface area contributed by atoms with E-state index in [0.717, 1.165) is 24.3 Å². The van der Waals surface area contributed by atoms with Crippen LogP contribution in [0.1, 0.15) is 50.2 Å². The molecule has 1 saturated carbocycles. The van der Waals surface area contributed by atoms with E-state index >= 15 is 0 Å². The maximum absolute atomic E-state index is 12.5. The molecule has 8 nitrogen and oxygen atoms in total. The number of para-hydroxylation sites is 2.